The van der Waals surface area contributed by atoms with E-state index in [1.54, 1.807) is 0 Å². The lowest BCUT2D eigenvalue weighted by atomic mass is 9.84. The average molecular weight is 184 g/mol. The van der Waals surface area contributed by atoms with E-state index < -0.39 is 0 Å². The van der Waals surface area contributed by atoms with Gasteiger partial charge in [-0.15, -0.1) is 0 Å². The van der Waals surface area contributed by atoms with Gasteiger partial charge in [0.05, 0.1) is 0 Å². The number of hydrogen-bond acceptors (Lipinski definition) is 2. The van der Waals surface area contributed by atoms with Crippen LogP contribution in [0.15, 0.2) is 0 Å². The average Bonchev–Trinajstić information content (AvgIpc) is 2.15. The molecule has 13 heavy (non-hydrogen) atoms. The molecular formula is C10H20N2O. The molecule has 0 spiro atoms. The minimum atomic E-state index is 0.0197. The number of carbonyl (C=O) groups is 1. The SMILES string of the molecule is CC(=O)NCC(N)C1CCCCC1. The summed E-state index contributed by atoms with van der Waals surface area (Å²) in [5, 5.41) is 2.78. The van der Waals surface area contributed by atoms with Crippen LogP contribution in [0.5, 0.6) is 0 Å². The third-order valence-electron chi connectivity index (χ3n) is 2.84. The van der Waals surface area contributed by atoms with Crippen LogP contribution in [-0.4, -0.2) is 18.5 Å². The molecule has 3 nitrogen and oxygen atoms in total. The summed E-state index contributed by atoms with van der Waals surface area (Å²) in [6.07, 6.45) is 6.43. The lowest BCUT2D eigenvalue weighted by molar-refractivity contribution is -0.119. The zero-order chi connectivity index (χ0) is 9.68. The monoisotopic (exact) mass is 184 g/mol. The van der Waals surface area contributed by atoms with Crippen LogP contribution in [0, 0.1) is 5.92 Å². The van der Waals surface area contributed by atoms with E-state index in [2.05, 4.69) is 5.32 Å². The van der Waals surface area contributed by atoms with Crippen LogP contribution < -0.4 is 11.1 Å². The van der Waals surface area contributed by atoms with Crippen LogP contribution in [0.25, 0.3) is 0 Å². The fourth-order valence-electron chi connectivity index (χ4n) is 1.99. The molecule has 0 heterocycles. The van der Waals surface area contributed by atoms with Crippen LogP contribution in [0.2, 0.25) is 0 Å². The van der Waals surface area contributed by atoms with Crippen molar-refractivity contribution in [3.63, 3.8) is 0 Å². The number of carbonyl (C=O) groups excluding carboxylic acids is 1. The number of nitrogens with two attached hydrogens (primary N) is 1. The lowest BCUT2D eigenvalue weighted by Gasteiger charge is -2.27. The van der Waals surface area contributed by atoms with Gasteiger partial charge in [0.2, 0.25) is 5.91 Å². The van der Waals surface area contributed by atoms with Crippen LogP contribution in [0.4, 0.5) is 0 Å². The highest BCUT2D eigenvalue weighted by Crippen LogP contribution is 2.25. The Bertz CT molecular complexity index is 164. The number of hydrogen-bond donors (Lipinski definition) is 2. The quantitative estimate of drug-likeness (QED) is 0.688. The smallest absolute Gasteiger partial charge is 0.216 e. The van der Waals surface area contributed by atoms with Gasteiger partial charge in [-0.25, -0.2) is 0 Å². The zero-order valence-electron chi connectivity index (χ0n) is 8.38. The summed E-state index contributed by atoms with van der Waals surface area (Å²) >= 11 is 0. The van der Waals surface area contributed by atoms with Gasteiger partial charge in [-0.2, -0.15) is 0 Å². The predicted octanol–water partition coefficient (Wildman–Crippen LogP) is 1.03. The summed E-state index contributed by atoms with van der Waals surface area (Å²) in [4.78, 5) is 10.7. The first-order valence-corrected chi connectivity index (χ1v) is 5.20. The van der Waals surface area contributed by atoms with Crippen LogP contribution >= 0.6 is 0 Å². The third-order valence-corrected chi connectivity index (χ3v) is 2.84. The Morgan fingerprint density at radius 2 is 2.08 bits per heavy atom. The van der Waals surface area contributed by atoms with Crippen molar-refractivity contribution in [2.45, 2.75) is 45.1 Å². The molecule has 0 radical (unpaired) electrons. The zero-order valence-corrected chi connectivity index (χ0v) is 8.38. The lowest BCUT2D eigenvalue weighted by Crippen LogP contribution is -2.42. The summed E-state index contributed by atoms with van der Waals surface area (Å²) < 4.78 is 0. The van der Waals surface area contributed by atoms with Crippen LogP contribution in [0.3, 0.4) is 0 Å². The van der Waals surface area contributed by atoms with Gasteiger partial charge in [-0.1, -0.05) is 19.3 Å². The van der Waals surface area contributed by atoms with Crippen molar-refractivity contribution in [3.05, 3.63) is 0 Å². The normalized spacial score (nSPS) is 21.1. The first-order chi connectivity index (χ1) is 6.20. The van der Waals surface area contributed by atoms with Crippen molar-refractivity contribution in [1.29, 1.82) is 0 Å². The van der Waals surface area contributed by atoms with Crippen molar-refractivity contribution in [1.82, 2.24) is 5.32 Å². The second-order valence-corrected chi connectivity index (χ2v) is 4.00. The van der Waals surface area contributed by atoms with E-state index >= 15 is 0 Å². The second-order valence-electron chi connectivity index (χ2n) is 4.00. The van der Waals surface area contributed by atoms with E-state index in [0.29, 0.717) is 12.5 Å². The Labute approximate surface area is 80.1 Å². The van der Waals surface area contributed by atoms with Crippen molar-refractivity contribution < 1.29 is 4.79 Å². The highest BCUT2D eigenvalue weighted by molar-refractivity contribution is 5.72. The first-order valence-electron chi connectivity index (χ1n) is 5.20. The molecule has 0 bridgehead atoms. The molecule has 1 rings (SSSR count). The van der Waals surface area contributed by atoms with Gasteiger partial charge in [-0.05, 0) is 18.8 Å². The summed E-state index contributed by atoms with van der Waals surface area (Å²) in [5.41, 5.74) is 5.98. The van der Waals surface area contributed by atoms with E-state index in [0.717, 1.165) is 0 Å². The maximum absolute atomic E-state index is 10.7. The van der Waals surface area contributed by atoms with E-state index in [1.807, 2.05) is 0 Å². The number of rotatable bonds is 3. The van der Waals surface area contributed by atoms with Gasteiger partial charge in [0.15, 0.2) is 0 Å². The fraction of sp³-hybridized carbons (Fsp3) is 0.900. The minimum absolute atomic E-state index is 0.0197. The van der Waals surface area contributed by atoms with Crippen LogP contribution in [0.1, 0.15) is 39.0 Å². The van der Waals surface area contributed by atoms with Crippen molar-refractivity contribution in [2.75, 3.05) is 6.54 Å². The summed E-state index contributed by atoms with van der Waals surface area (Å²) in [7, 11) is 0. The van der Waals surface area contributed by atoms with Gasteiger partial charge in [-0.3, -0.25) is 4.79 Å². The molecule has 0 aromatic rings. The van der Waals surface area contributed by atoms with E-state index in [1.165, 1.54) is 39.0 Å². The largest absolute Gasteiger partial charge is 0.355 e. The molecule has 0 aromatic heterocycles. The van der Waals surface area contributed by atoms with E-state index in [9.17, 15) is 4.79 Å². The Kier molecular flexibility index (Phi) is 4.22. The minimum Gasteiger partial charge on any atom is -0.355 e. The molecule has 0 aromatic carbocycles. The van der Waals surface area contributed by atoms with Gasteiger partial charge in [0.1, 0.15) is 0 Å². The van der Waals surface area contributed by atoms with Gasteiger partial charge in [0.25, 0.3) is 0 Å². The molecule has 3 heteroatoms. The van der Waals surface area contributed by atoms with Gasteiger partial charge >= 0.3 is 0 Å². The standard InChI is InChI=1S/C10H20N2O/c1-8(13)12-7-10(11)9-5-3-2-4-6-9/h9-10H,2-7,11H2,1H3,(H,12,13). The molecule has 76 valence electrons. The Morgan fingerprint density at radius 3 is 2.62 bits per heavy atom. The molecule has 0 aliphatic heterocycles. The molecule has 1 aliphatic carbocycles. The highest BCUT2D eigenvalue weighted by Gasteiger charge is 2.20. The summed E-state index contributed by atoms with van der Waals surface area (Å²) in [6.45, 7) is 2.17. The summed E-state index contributed by atoms with van der Waals surface area (Å²) in [5.74, 6) is 0.645. The molecule has 1 atom stereocenters. The Balaban J connectivity index is 2.20. The van der Waals surface area contributed by atoms with Gasteiger partial charge < -0.3 is 11.1 Å². The van der Waals surface area contributed by atoms with E-state index in [-0.39, 0.29) is 11.9 Å². The third kappa shape index (κ3) is 3.77. The number of amides is 1. The van der Waals surface area contributed by atoms with Gasteiger partial charge in [0, 0.05) is 19.5 Å². The number of nitrogens with one attached hydrogen (secondary N) is 1. The summed E-state index contributed by atoms with van der Waals surface area (Å²) in [6, 6.07) is 0.157. The molecule has 1 saturated carbocycles. The second kappa shape index (κ2) is 5.22. The molecule has 1 fully saturated rings. The maximum atomic E-state index is 10.7. The molecule has 0 saturated heterocycles. The topological polar surface area (TPSA) is 55.1 Å². The first kappa shape index (κ1) is 10.5. The molecule has 1 amide bonds. The predicted molar refractivity (Wildman–Crippen MR) is 53.2 cm³/mol. The molecule has 1 unspecified atom stereocenters. The van der Waals surface area contributed by atoms with E-state index in [4.69, 9.17) is 5.73 Å². The fourth-order valence-corrected chi connectivity index (χ4v) is 1.99. The molecule has 1 aliphatic rings. The van der Waals surface area contributed by atoms with Crippen LogP contribution in [-0.2, 0) is 4.79 Å². The maximum Gasteiger partial charge on any atom is 0.216 e. The Morgan fingerprint density at radius 1 is 1.46 bits per heavy atom. The molecular weight excluding hydrogens is 164 g/mol. The highest BCUT2D eigenvalue weighted by atomic mass is 16.1. The molecule has 3 N–H and O–H groups in total. The van der Waals surface area contributed by atoms with Crippen molar-refractivity contribution >= 4 is 5.91 Å². The van der Waals surface area contributed by atoms with Crippen molar-refractivity contribution in [2.24, 2.45) is 11.7 Å². The van der Waals surface area contributed by atoms with Crippen molar-refractivity contribution in [3.8, 4) is 0 Å². The Hall–Kier alpha value is -0.570.